The normalized spacial score (nSPS) is 25.0. The van der Waals surface area contributed by atoms with Gasteiger partial charge in [0.2, 0.25) is 0 Å². The Morgan fingerprint density at radius 1 is 1.08 bits per heavy atom. The number of carbonyl (C=O) groups is 1. The molecule has 3 aliphatic heterocycles. The van der Waals surface area contributed by atoms with E-state index in [1.165, 1.54) is 17.5 Å². The number of benzene rings is 1. The van der Waals surface area contributed by atoms with Crippen molar-refractivity contribution in [3.05, 3.63) is 53.0 Å². The van der Waals surface area contributed by atoms with Crippen LogP contribution < -0.4 is 10.2 Å². The van der Waals surface area contributed by atoms with Crippen LogP contribution in [0.15, 0.2) is 30.6 Å². The molecule has 8 heteroatoms. The third-order valence-corrected chi connectivity index (χ3v) is 8.72. The Bertz CT molecular complexity index is 1070. The largest absolute Gasteiger partial charge is 0.379 e. The van der Waals surface area contributed by atoms with Crippen molar-refractivity contribution >= 4 is 11.7 Å². The number of aromatic nitrogens is 2. The summed E-state index contributed by atoms with van der Waals surface area (Å²) in [5.41, 5.74) is 4.11. The van der Waals surface area contributed by atoms with Crippen molar-refractivity contribution in [1.82, 2.24) is 20.2 Å². The third kappa shape index (κ3) is 6.19. The summed E-state index contributed by atoms with van der Waals surface area (Å²) in [5.74, 6) is 1.89. The van der Waals surface area contributed by atoms with E-state index < -0.39 is 0 Å². The molecule has 0 radical (unpaired) electrons. The van der Waals surface area contributed by atoms with Crippen molar-refractivity contribution < 1.29 is 14.3 Å². The number of nitrogens with zero attached hydrogens (tertiary/aromatic N) is 4. The zero-order chi connectivity index (χ0) is 26.5. The molecule has 0 saturated carbocycles. The number of amides is 1. The molecule has 1 aromatic heterocycles. The number of aryl methyl sites for hydroxylation is 1. The maximum atomic E-state index is 13.5. The van der Waals surface area contributed by atoms with E-state index in [1.54, 1.807) is 13.4 Å². The number of anilines is 1. The first kappa shape index (κ1) is 27.0. The smallest absolute Gasteiger partial charge is 0.272 e. The highest BCUT2D eigenvalue weighted by atomic mass is 16.5. The molecule has 0 bridgehead atoms. The van der Waals surface area contributed by atoms with Crippen molar-refractivity contribution in [1.29, 1.82) is 0 Å². The fourth-order valence-corrected chi connectivity index (χ4v) is 6.26. The summed E-state index contributed by atoms with van der Waals surface area (Å²) < 4.78 is 11.2. The molecule has 3 saturated heterocycles. The second-order valence-electron chi connectivity index (χ2n) is 11.2. The molecule has 38 heavy (non-hydrogen) atoms. The van der Waals surface area contributed by atoms with Gasteiger partial charge in [0.15, 0.2) is 0 Å². The molecule has 206 valence electrons. The van der Waals surface area contributed by atoms with Gasteiger partial charge in [0, 0.05) is 69.9 Å². The lowest BCUT2D eigenvalue weighted by molar-refractivity contribution is -0.0653. The van der Waals surface area contributed by atoms with E-state index in [9.17, 15) is 4.79 Å². The van der Waals surface area contributed by atoms with Crippen LogP contribution in [0.2, 0.25) is 0 Å². The van der Waals surface area contributed by atoms with Crippen molar-refractivity contribution in [2.75, 3.05) is 57.9 Å². The number of carbonyl (C=O) groups excluding carboxylic acids is 1. The summed E-state index contributed by atoms with van der Waals surface area (Å²) in [5, 5.41) is 3.73. The van der Waals surface area contributed by atoms with E-state index >= 15 is 0 Å². The van der Waals surface area contributed by atoms with Crippen LogP contribution in [0.1, 0.15) is 65.2 Å². The maximum absolute atomic E-state index is 13.5. The predicted molar refractivity (Wildman–Crippen MR) is 149 cm³/mol. The Balaban J connectivity index is 1.18. The van der Waals surface area contributed by atoms with E-state index in [-0.39, 0.29) is 12.0 Å². The van der Waals surface area contributed by atoms with Crippen molar-refractivity contribution in [3.8, 4) is 0 Å². The van der Waals surface area contributed by atoms with Gasteiger partial charge in [-0.05, 0) is 51.5 Å². The summed E-state index contributed by atoms with van der Waals surface area (Å²) in [6.45, 7) is 9.93. The molecule has 1 amide bonds. The minimum Gasteiger partial charge on any atom is -0.379 e. The molecular formula is C30H43N5O3. The average Bonchev–Trinajstić information content (AvgIpc) is 2.97. The van der Waals surface area contributed by atoms with Crippen LogP contribution in [0.5, 0.6) is 0 Å². The quantitative estimate of drug-likeness (QED) is 0.595. The number of hydrogen-bond acceptors (Lipinski definition) is 7. The van der Waals surface area contributed by atoms with Crippen LogP contribution in [0.4, 0.5) is 5.82 Å². The van der Waals surface area contributed by atoms with Crippen molar-refractivity contribution in [2.45, 2.75) is 64.0 Å². The fraction of sp³-hybridized carbons (Fsp3) is 0.633. The van der Waals surface area contributed by atoms with Gasteiger partial charge in [-0.1, -0.05) is 29.8 Å². The number of piperidine rings is 2. The second-order valence-corrected chi connectivity index (χ2v) is 11.2. The molecule has 3 unspecified atom stereocenters. The van der Waals surface area contributed by atoms with Crippen LogP contribution in [0.25, 0.3) is 0 Å². The standard InChI is InChI=1S/C30H43N5O3/c1-21-6-8-23(9-7-21)25-5-4-13-35(18-25)29-22(2)28(32-20-33-29)30(36)34-14-10-26(11-15-34)31-17-24-12-16-38-19-27(24)37-3/h6-9,20,24-27,31H,4-5,10-19H2,1-3H3. The Labute approximate surface area is 227 Å². The molecule has 1 N–H and O–H groups in total. The SMILES string of the molecule is COC1COCCC1CNC1CCN(C(=O)c2ncnc(N3CCCC(c4ccc(C)cc4)C3)c2C)CC1. The molecule has 2 aromatic rings. The molecule has 5 rings (SSSR count). The topological polar surface area (TPSA) is 79.8 Å². The summed E-state index contributed by atoms with van der Waals surface area (Å²) in [6.07, 6.45) is 6.96. The van der Waals surface area contributed by atoms with Gasteiger partial charge < -0.3 is 24.6 Å². The number of likely N-dealkylation sites (tertiary alicyclic amines) is 1. The van der Waals surface area contributed by atoms with Gasteiger partial charge in [0.25, 0.3) is 5.91 Å². The first-order valence-electron chi connectivity index (χ1n) is 14.3. The lowest BCUT2D eigenvalue weighted by Gasteiger charge is -2.36. The van der Waals surface area contributed by atoms with Crippen LogP contribution in [0, 0.1) is 19.8 Å². The van der Waals surface area contributed by atoms with E-state index in [1.807, 2.05) is 11.8 Å². The monoisotopic (exact) mass is 521 g/mol. The molecule has 4 heterocycles. The average molecular weight is 522 g/mol. The second kappa shape index (κ2) is 12.5. The Morgan fingerprint density at radius 2 is 1.87 bits per heavy atom. The van der Waals surface area contributed by atoms with Gasteiger partial charge in [0.1, 0.15) is 17.8 Å². The lowest BCUT2D eigenvalue weighted by Crippen LogP contribution is -2.48. The molecule has 0 aliphatic carbocycles. The number of rotatable bonds is 7. The Morgan fingerprint density at radius 3 is 2.63 bits per heavy atom. The van der Waals surface area contributed by atoms with E-state index in [0.29, 0.717) is 30.2 Å². The van der Waals surface area contributed by atoms with Crippen LogP contribution in [0.3, 0.4) is 0 Å². The first-order valence-corrected chi connectivity index (χ1v) is 14.3. The summed E-state index contributed by atoms with van der Waals surface area (Å²) >= 11 is 0. The van der Waals surface area contributed by atoms with E-state index in [4.69, 9.17) is 9.47 Å². The van der Waals surface area contributed by atoms with Crippen LogP contribution in [-0.4, -0.2) is 86.0 Å². The molecule has 3 aliphatic rings. The highest BCUT2D eigenvalue weighted by molar-refractivity contribution is 5.94. The fourth-order valence-electron chi connectivity index (χ4n) is 6.26. The summed E-state index contributed by atoms with van der Waals surface area (Å²) in [6, 6.07) is 9.32. The zero-order valence-electron chi connectivity index (χ0n) is 23.2. The molecule has 3 atom stereocenters. The van der Waals surface area contributed by atoms with E-state index in [0.717, 1.165) is 76.4 Å². The third-order valence-electron chi connectivity index (χ3n) is 8.72. The van der Waals surface area contributed by atoms with Crippen LogP contribution >= 0.6 is 0 Å². The molecule has 8 nitrogen and oxygen atoms in total. The van der Waals surface area contributed by atoms with Gasteiger partial charge >= 0.3 is 0 Å². The number of nitrogens with one attached hydrogen (secondary N) is 1. The van der Waals surface area contributed by atoms with Gasteiger partial charge in [-0.25, -0.2) is 9.97 Å². The lowest BCUT2D eigenvalue weighted by atomic mass is 9.90. The number of hydrogen-bond donors (Lipinski definition) is 1. The number of methoxy groups -OCH3 is 1. The molecule has 1 aromatic carbocycles. The minimum atomic E-state index is 0.0283. The highest BCUT2D eigenvalue weighted by Crippen LogP contribution is 2.31. The van der Waals surface area contributed by atoms with Gasteiger partial charge in [-0.15, -0.1) is 0 Å². The Kier molecular flexibility index (Phi) is 8.92. The van der Waals surface area contributed by atoms with Crippen molar-refractivity contribution in [2.24, 2.45) is 5.92 Å². The molecule has 0 spiro atoms. The summed E-state index contributed by atoms with van der Waals surface area (Å²) in [4.78, 5) is 27.0. The number of ether oxygens (including phenoxy) is 2. The first-order chi connectivity index (χ1) is 18.5. The molecule has 3 fully saturated rings. The van der Waals surface area contributed by atoms with E-state index in [2.05, 4.69) is 51.4 Å². The van der Waals surface area contributed by atoms with Gasteiger partial charge in [-0.3, -0.25) is 4.79 Å². The van der Waals surface area contributed by atoms with Crippen LogP contribution in [-0.2, 0) is 9.47 Å². The molecular weight excluding hydrogens is 478 g/mol. The Hall–Kier alpha value is -2.55. The predicted octanol–water partition coefficient (Wildman–Crippen LogP) is 3.72. The van der Waals surface area contributed by atoms with Gasteiger partial charge in [-0.2, -0.15) is 0 Å². The van der Waals surface area contributed by atoms with Crippen molar-refractivity contribution in [3.63, 3.8) is 0 Å². The summed E-state index contributed by atoms with van der Waals surface area (Å²) in [7, 11) is 1.77. The minimum absolute atomic E-state index is 0.0283. The zero-order valence-corrected chi connectivity index (χ0v) is 23.2. The maximum Gasteiger partial charge on any atom is 0.272 e. The van der Waals surface area contributed by atoms with Gasteiger partial charge in [0.05, 0.1) is 12.7 Å². The highest BCUT2D eigenvalue weighted by Gasteiger charge is 2.30.